The molecule has 0 N–H and O–H groups in total. The van der Waals surface area contributed by atoms with Crippen molar-refractivity contribution >= 4 is 28.0 Å². The predicted molar refractivity (Wildman–Crippen MR) is 124 cm³/mol. The molecular weight excluding hydrogens is 407 g/mol. The van der Waals surface area contributed by atoms with Crippen molar-refractivity contribution in [1.29, 1.82) is 0 Å². The third kappa shape index (κ3) is 3.68. The number of aromatic nitrogens is 4. The summed E-state index contributed by atoms with van der Waals surface area (Å²) < 4.78 is 23.3. The van der Waals surface area contributed by atoms with Gasteiger partial charge in [0.2, 0.25) is 0 Å². The van der Waals surface area contributed by atoms with Crippen LogP contribution in [0, 0.1) is 11.7 Å². The van der Waals surface area contributed by atoms with Crippen LogP contribution in [0.3, 0.4) is 0 Å². The molecule has 0 aliphatic heterocycles. The fourth-order valence-electron chi connectivity index (χ4n) is 3.93. The van der Waals surface area contributed by atoms with Gasteiger partial charge in [-0.1, -0.05) is 19.9 Å². The van der Waals surface area contributed by atoms with E-state index in [-0.39, 0.29) is 5.56 Å². The zero-order chi connectivity index (χ0) is 23.0. The molecule has 7 heteroatoms. The number of imidazole rings is 1. The Morgan fingerprint density at radius 1 is 1.28 bits per heavy atom. The fraction of sp³-hybridized carbons (Fsp3) is 0.320. The summed E-state index contributed by atoms with van der Waals surface area (Å²) in [6.45, 7) is 8.86. The number of halogens is 1. The van der Waals surface area contributed by atoms with E-state index in [1.807, 2.05) is 23.8 Å². The molecule has 0 aliphatic carbocycles. The number of rotatable bonds is 7. The van der Waals surface area contributed by atoms with E-state index in [0.717, 1.165) is 41.8 Å². The maximum Gasteiger partial charge on any atom is 0.340 e. The Morgan fingerprint density at radius 3 is 2.75 bits per heavy atom. The lowest BCUT2D eigenvalue weighted by molar-refractivity contribution is 0.0595. The Morgan fingerprint density at radius 2 is 2.06 bits per heavy atom. The van der Waals surface area contributed by atoms with Gasteiger partial charge in [0.1, 0.15) is 11.5 Å². The number of esters is 1. The molecule has 0 bridgehead atoms. The van der Waals surface area contributed by atoms with E-state index >= 15 is 0 Å². The van der Waals surface area contributed by atoms with Crippen molar-refractivity contribution in [3.05, 3.63) is 60.1 Å². The smallest absolute Gasteiger partial charge is 0.340 e. The summed E-state index contributed by atoms with van der Waals surface area (Å²) in [7, 11) is 3.08. The summed E-state index contributed by atoms with van der Waals surface area (Å²) in [5.74, 6) is -0.315. The summed E-state index contributed by atoms with van der Waals surface area (Å²) in [5, 5.41) is 1.02. The zero-order valence-electron chi connectivity index (χ0n) is 18.9. The maximum atomic E-state index is 14.6. The van der Waals surface area contributed by atoms with Crippen LogP contribution >= 0.6 is 0 Å². The normalized spacial score (nSPS) is 12.4. The molecule has 1 aromatic carbocycles. The van der Waals surface area contributed by atoms with Crippen LogP contribution in [0.25, 0.3) is 33.6 Å². The molecule has 1 unspecified atom stereocenters. The second-order valence-corrected chi connectivity index (χ2v) is 8.06. The number of carbonyl (C=O) groups excluding carboxylic acids is 1. The number of fused-ring (bicyclic) bond motifs is 2. The number of allylic oxidation sites excluding steroid dienone is 1. The van der Waals surface area contributed by atoms with Gasteiger partial charge in [-0.3, -0.25) is 0 Å². The number of methoxy groups -OCH3 is 1. The minimum Gasteiger partial charge on any atom is -0.465 e. The van der Waals surface area contributed by atoms with Crippen molar-refractivity contribution in [3.8, 4) is 11.5 Å². The Hall–Kier alpha value is -3.48. The monoisotopic (exact) mass is 434 g/mol. The van der Waals surface area contributed by atoms with Gasteiger partial charge < -0.3 is 13.9 Å². The first-order valence-electron chi connectivity index (χ1n) is 10.7. The van der Waals surface area contributed by atoms with Gasteiger partial charge in [-0.2, -0.15) is 0 Å². The van der Waals surface area contributed by atoms with Gasteiger partial charge in [0.15, 0.2) is 5.82 Å². The third-order valence-electron chi connectivity index (χ3n) is 5.98. The topological polar surface area (TPSA) is 61.9 Å². The van der Waals surface area contributed by atoms with Gasteiger partial charge >= 0.3 is 5.97 Å². The third-order valence-corrected chi connectivity index (χ3v) is 5.98. The number of aryl methyl sites for hydroxylation is 3. The van der Waals surface area contributed by atoms with Gasteiger partial charge in [-0.05, 0) is 43.0 Å². The molecule has 4 rings (SSSR count). The summed E-state index contributed by atoms with van der Waals surface area (Å²) in [5.41, 5.74) is 3.83. The van der Waals surface area contributed by atoms with E-state index in [4.69, 9.17) is 14.7 Å². The largest absolute Gasteiger partial charge is 0.465 e. The molecule has 3 aromatic heterocycles. The average molecular weight is 435 g/mol. The van der Waals surface area contributed by atoms with Crippen LogP contribution in [0.1, 0.15) is 36.3 Å². The van der Waals surface area contributed by atoms with Crippen molar-refractivity contribution in [2.24, 2.45) is 13.0 Å². The molecular formula is C25H27FN4O2. The van der Waals surface area contributed by atoms with Crippen molar-refractivity contribution < 1.29 is 13.9 Å². The van der Waals surface area contributed by atoms with Crippen LogP contribution in [0.4, 0.5) is 4.39 Å². The second-order valence-electron chi connectivity index (χ2n) is 8.06. The molecule has 4 aromatic rings. The molecule has 32 heavy (non-hydrogen) atoms. The van der Waals surface area contributed by atoms with Crippen molar-refractivity contribution in [1.82, 2.24) is 19.1 Å². The molecule has 0 fully saturated rings. The number of pyridine rings is 1. The quantitative estimate of drug-likeness (QED) is 0.293. The maximum absolute atomic E-state index is 14.6. The van der Waals surface area contributed by atoms with Crippen molar-refractivity contribution in [3.63, 3.8) is 0 Å². The van der Waals surface area contributed by atoms with E-state index in [1.165, 1.54) is 19.2 Å². The first kappa shape index (κ1) is 21.7. The summed E-state index contributed by atoms with van der Waals surface area (Å²) in [4.78, 5) is 21.6. The Balaban J connectivity index is 1.92. The molecule has 166 valence electrons. The standard InChI is InChI=1S/C25H27FN4O2/c1-6-15(3)10-11-30-22(12-16-8-9-17(7-2)27-23(16)30)24-28-20-13-18(25(31)32-5)19(26)14-21(20)29(24)4/h6,8-9,12-15H,1,7,10-11H2,2-5H3. The molecule has 6 nitrogen and oxygen atoms in total. The van der Waals surface area contributed by atoms with E-state index in [1.54, 1.807) is 0 Å². The summed E-state index contributed by atoms with van der Waals surface area (Å²) >= 11 is 0. The number of hydrogen-bond donors (Lipinski definition) is 0. The predicted octanol–water partition coefficient (Wildman–Crippen LogP) is 5.29. The Kier molecular flexibility index (Phi) is 5.82. The highest BCUT2D eigenvalue weighted by atomic mass is 19.1. The van der Waals surface area contributed by atoms with Crippen molar-refractivity contribution in [2.75, 3.05) is 7.11 Å². The molecule has 3 heterocycles. The molecule has 0 spiro atoms. The summed E-state index contributed by atoms with van der Waals surface area (Å²) in [6.07, 6.45) is 3.70. The van der Waals surface area contributed by atoms with Crippen molar-refractivity contribution in [2.45, 2.75) is 33.2 Å². The minimum atomic E-state index is -0.722. The van der Waals surface area contributed by atoms with Crippen LogP contribution in [-0.2, 0) is 24.8 Å². The van der Waals surface area contributed by atoms with Crippen LogP contribution in [0.5, 0.6) is 0 Å². The number of hydrogen-bond acceptors (Lipinski definition) is 4. The highest BCUT2D eigenvalue weighted by Crippen LogP contribution is 2.31. The second kappa shape index (κ2) is 8.57. The fourth-order valence-corrected chi connectivity index (χ4v) is 3.93. The zero-order valence-corrected chi connectivity index (χ0v) is 18.9. The molecule has 0 aliphatic rings. The highest BCUT2D eigenvalue weighted by molar-refractivity contribution is 5.95. The van der Waals surface area contributed by atoms with Gasteiger partial charge in [-0.15, -0.1) is 6.58 Å². The van der Waals surface area contributed by atoms with Crippen LogP contribution in [0.2, 0.25) is 0 Å². The first-order valence-corrected chi connectivity index (χ1v) is 10.7. The minimum absolute atomic E-state index is 0.126. The molecule has 0 saturated carbocycles. The first-order chi connectivity index (χ1) is 15.4. The Bertz CT molecular complexity index is 1340. The Labute approximate surface area is 186 Å². The van der Waals surface area contributed by atoms with Gasteiger partial charge in [0.05, 0.1) is 29.4 Å². The van der Waals surface area contributed by atoms with Gasteiger partial charge in [0, 0.05) is 30.7 Å². The van der Waals surface area contributed by atoms with Gasteiger partial charge in [-0.25, -0.2) is 19.2 Å². The number of ether oxygens (including phenoxy) is 1. The van der Waals surface area contributed by atoms with Crippen LogP contribution in [0.15, 0.2) is 43.0 Å². The number of nitrogens with zero attached hydrogens (tertiary/aromatic N) is 4. The average Bonchev–Trinajstić information content (AvgIpc) is 3.32. The van der Waals surface area contributed by atoms with E-state index in [2.05, 4.69) is 37.1 Å². The van der Waals surface area contributed by atoms with Crippen LogP contribution in [-0.4, -0.2) is 32.2 Å². The van der Waals surface area contributed by atoms with E-state index in [0.29, 0.717) is 22.8 Å². The molecule has 0 saturated heterocycles. The number of benzene rings is 1. The van der Waals surface area contributed by atoms with E-state index in [9.17, 15) is 9.18 Å². The van der Waals surface area contributed by atoms with Crippen LogP contribution < -0.4 is 0 Å². The molecule has 0 radical (unpaired) electrons. The lowest BCUT2D eigenvalue weighted by Gasteiger charge is -2.12. The number of carbonyl (C=O) groups is 1. The highest BCUT2D eigenvalue weighted by Gasteiger charge is 2.21. The lowest BCUT2D eigenvalue weighted by atomic mass is 10.1. The molecule has 1 atom stereocenters. The van der Waals surface area contributed by atoms with Gasteiger partial charge in [0.25, 0.3) is 0 Å². The van der Waals surface area contributed by atoms with E-state index < -0.39 is 11.8 Å². The summed E-state index contributed by atoms with van der Waals surface area (Å²) in [6, 6.07) is 8.96. The lowest BCUT2D eigenvalue weighted by Crippen LogP contribution is -2.07. The molecule has 0 amide bonds. The SMILES string of the molecule is C=CC(C)CCn1c(-c2nc3cc(C(=O)OC)c(F)cc3n2C)cc2ccc(CC)nc21.